The van der Waals surface area contributed by atoms with E-state index in [0.29, 0.717) is 4.90 Å². The Morgan fingerprint density at radius 1 is 1.24 bits per heavy atom. The standard InChI is InChI=1S/C8H6NO3S.3CH3.Sn/c1-2-13(12)8-5-3-7(4-6-8)9(10)11;;;;/h1-6H;3*1H3;. The Hall–Kier alpha value is -0.691. The van der Waals surface area contributed by atoms with Crippen LogP contribution in [0.25, 0.3) is 0 Å². The van der Waals surface area contributed by atoms with Gasteiger partial charge in [0.05, 0.1) is 0 Å². The molecule has 0 aliphatic heterocycles. The molecular weight excluding hydrogens is 345 g/mol. The molecule has 0 spiro atoms. The molecule has 4 nitrogen and oxygen atoms in total. The van der Waals surface area contributed by atoms with Crippen molar-refractivity contribution in [3.63, 3.8) is 0 Å². The molecule has 0 aliphatic rings. The topological polar surface area (TPSA) is 60.2 Å². The van der Waals surface area contributed by atoms with E-state index in [9.17, 15) is 14.3 Å². The first kappa shape index (κ1) is 14.4. The second-order valence-electron chi connectivity index (χ2n) is 4.72. The number of nitrogens with zero attached hydrogens (tertiary/aromatic N) is 1. The third kappa shape index (κ3) is 4.99. The molecule has 1 aromatic rings. The molecule has 0 saturated heterocycles. The summed E-state index contributed by atoms with van der Waals surface area (Å²) in [6.45, 7) is 0. The first-order valence-electron chi connectivity index (χ1n) is 5.14. The van der Waals surface area contributed by atoms with Crippen LogP contribution in [0.2, 0.25) is 14.8 Å². The Balaban J connectivity index is 2.84. The second-order valence-corrected chi connectivity index (χ2v) is 20.5. The molecule has 0 fully saturated rings. The molecule has 0 radical (unpaired) electrons. The average Bonchev–Trinajstić information content (AvgIpc) is 2.25. The number of rotatable bonds is 4. The van der Waals surface area contributed by atoms with E-state index in [-0.39, 0.29) is 5.69 Å². The average molecular weight is 360 g/mol. The van der Waals surface area contributed by atoms with Crippen molar-refractivity contribution < 1.29 is 9.13 Å². The zero-order valence-electron chi connectivity index (χ0n) is 10.0. The van der Waals surface area contributed by atoms with Crippen LogP contribution in [0.15, 0.2) is 38.7 Å². The fourth-order valence-electron chi connectivity index (χ4n) is 1.05. The number of benzene rings is 1. The van der Waals surface area contributed by atoms with Crippen LogP contribution in [0, 0.1) is 10.1 Å². The molecule has 0 aromatic heterocycles. The molecule has 0 bridgehead atoms. The predicted molar refractivity (Wildman–Crippen MR) is 72.0 cm³/mol. The number of hydrogen-bond acceptors (Lipinski definition) is 3. The molecule has 1 atom stereocenters. The zero-order chi connectivity index (χ0) is 13.1. The minimum absolute atomic E-state index is 0.0183. The quantitative estimate of drug-likeness (QED) is 0.471. The Morgan fingerprint density at radius 3 is 2.18 bits per heavy atom. The second kappa shape index (κ2) is 5.77. The summed E-state index contributed by atoms with van der Waals surface area (Å²) < 4.78 is 13.9. The van der Waals surface area contributed by atoms with Gasteiger partial charge in [0.25, 0.3) is 0 Å². The molecule has 1 rings (SSSR count). The Kier molecular flexibility index (Phi) is 4.88. The molecule has 6 heteroatoms. The Morgan fingerprint density at radius 2 is 1.76 bits per heavy atom. The van der Waals surface area contributed by atoms with Crippen LogP contribution in [0.4, 0.5) is 5.69 Å². The van der Waals surface area contributed by atoms with Gasteiger partial charge in [-0.15, -0.1) is 0 Å². The summed E-state index contributed by atoms with van der Waals surface area (Å²) in [5.74, 6) is 0. The minimum atomic E-state index is -2.05. The van der Waals surface area contributed by atoms with E-state index >= 15 is 0 Å². The van der Waals surface area contributed by atoms with Gasteiger partial charge in [-0.3, -0.25) is 0 Å². The van der Waals surface area contributed by atoms with E-state index in [4.69, 9.17) is 0 Å². The van der Waals surface area contributed by atoms with Gasteiger partial charge < -0.3 is 0 Å². The van der Waals surface area contributed by atoms with Gasteiger partial charge in [-0.05, 0) is 0 Å². The molecule has 92 valence electrons. The number of nitro groups is 1. The van der Waals surface area contributed by atoms with Gasteiger partial charge in [0, 0.05) is 0 Å². The summed E-state index contributed by atoms with van der Waals surface area (Å²) >= 11 is -2.05. The SMILES string of the molecule is [CH3][Sn]([CH3])([CH3])/[CH]=C/S(=O)c1ccc([N+](=O)[O-])cc1. The zero-order valence-corrected chi connectivity index (χ0v) is 13.7. The molecule has 0 heterocycles. The maximum atomic E-state index is 11.9. The molecule has 1 aromatic carbocycles. The molecule has 0 N–H and O–H groups in total. The van der Waals surface area contributed by atoms with Gasteiger partial charge in [0.2, 0.25) is 0 Å². The van der Waals surface area contributed by atoms with Gasteiger partial charge >= 0.3 is 108 Å². The third-order valence-corrected chi connectivity index (χ3v) is 7.11. The normalized spacial score (nSPS) is 13.8. The molecule has 17 heavy (non-hydrogen) atoms. The van der Waals surface area contributed by atoms with Crippen molar-refractivity contribution in [3.05, 3.63) is 43.9 Å². The predicted octanol–water partition coefficient (Wildman–Crippen LogP) is 3.09. The first-order valence-corrected chi connectivity index (χ1v) is 16.6. The van der Waals surface area contributed by atoms with E-state index in [0.717, 1.165) is 0 Å². The van der Waals surface area contributed by atoms with Crippen LogP contribution in [-0.2, 0) is 10.8 Å². The molecule has 0 aliphatic carbocycles. The van der Waals surface area contributed by atoms with Crippen molar-refractivity contribution in [1.29, 1.82) is 0 Å². The fraction of sp³-hybridized carbons (Fsp3) is 0.273. The van der Waals surface area contributed by atoms with E-state index in [1.807, 2.05) is 0 Å². The first-order chi connectivity index (χ1) is 7.79. The molecule has 1 unspecified atom stereocenters. The van der Waals surface area contributed by atoms with E-state index in [2.05, 4.69) is 18.9 Å². The van der Waals surface area contributed by atoms with Crippen LogP contribution < -0.4 is 0 Å². The van der Waals surface area contributed by atoms with Crippen molar-refractivity contribution >= 4 is 34.9 Å². The molecule has 0 saturated carbocycles. The monoisotopic (exact) mass is 361 g/mol. The summed E-state index contributed by atoms with van der Waals surface area (Å²) in [7, 11) is -1.20. The third-order valence-electron chi connectivity index (χ3n) is 1.97. The van der Waals surface area contributed by atoms with Crippen molar-refractivity contribution in [3.8, 4) is 0 Å². The number of nitro benzene ring substituents is 1. The Bertz CT molecular complexity index is 463. The summed E-state index contributed by atoms with van der Waals surface area (Å²) in [5, 5.41) is 12.2. The molecular formula is C11H15NO3SSn. The summed E-state index contributed by atoms with van der Waals surface area (Å²) in [5.41, 5.74) is 0.0183. The van der Waals surface area contributed by atoms with Crippen LogP contribution in [0.5, 0.6) is 0 Å². The summed E-state index contributed by atoms with van der Waals surface area (Å²) in [6, 6.07) is 5.83. The van der Waals surface area contributed by atoms with Gasteiger partial charge in [-0.1, -0.05) is 0 Å². The van der Waals surface area contributed by atoms with Crippen molar-refractivity contribution in [2.24, 2.45) is 0 Å². The van der Waals surface area contributed by atoms with Crippen LogP contribution in [0.1, 0.15) is 0 Å². The van der Waals surface area contributed by atoms with Gasteiger partial charge in [-0.2, -0.15) is 0 Å². The van der Waals surface area contributed by atoms with Crippen molar-refractivity contribution in [2.75, 3.05) is 0 Å². The number of non-ortho nitro benzene ring substituents is 1. The molecule has 0 amide bonds. The van der Waals surface area contributed by atoms with E-state index in [1.165, 1.54) is 24.3 Å². The van der Waals surface area contributed by atoms with Crippen LogP contribution in [-0.4, -0.2) is 27.5 Å². The van der Waals surface area contributed by atoms with E-state index < -0.39 is 34.1 Å². The van der Waals surface area contributed by atoms with Gasteiger partial charge in [-0.25, -0.2) is 0 Å². The Labute approximate surface area is 107 Å². The fourth-order valence-corrected chi connectivity index (χ4v) is 6.69. The van der Waals surface area contributed by atoms with Gasteiger partial charge in [0.1, 0.15) is 0 Å². The summed E-state index contributed by atoms with van der Waals surface area (Å²) in [4.78, 5) is 17.3. The maximum absolute atomic E-state index is 11.9. The van der Waals surface area contributed by atoms with E-state index in [1.54, 1.807) is 5.41 Å². The number of hydrogen-bond donors (Lipinski definition) is 0. The van der Waals surface area contributed by atoms with Crippen LogP contribution in [0.3, 0.4) is 0 Å². The van der Waals surface area contributed by atoms with Crippen LogP contribution >= 0.6 is 0 Å². The van der Waals surface area contributed by atoms with Crippen molar-refractivity contribution in [2.45, 2.75) is 19.7 Å². The van der Waals surface area contributed by atoms with Gasteiger partial charge in [0.15, 0.2) is 0 Å². The van der Waals surface area contributed by atoms with Crippen molar-refractivity contribution in [1.82, 2.24) is 0 Å². The summed E-state index contributed by atoms with van der Waals surface area (Å²) in [6.07, 6.45) is 0.